The molecule has 0 aliphatic carbocycles. The Morgan fingerprint density at radius 1 is 1.17 bits per heavy atom. The second kappa shape index (κ2) is 5.98. The van der Waals surface area contributed by atoms with Crippen molar-refractivity contribution < 1.29 is 4.42 Å². The molecule has 0 amide bonds. The van der Waals surface area contributed by atoms with Crippen LogP contribution in [0.2, 0.25) is 15.1 Å². The van der Waals surface area contributed by atoms with Crippen LogP contribution in [-0.4, -0.2) is 0 Å². The summed E-state index contributed by atoms with van der Waals surface area (Å²) in [6.45, 7) is 2.53. The molecule has 2 nitrogen and oxygen atoms in total. The first kappa shape index (κ1) is 13.8. The summed E-state index contributed by atoms with van der Waals surface area (Å²) < 4.78 is 5.31. The van der Waals surface area contributed by atoms with E-state index in [1.807, 2.05) is 19.1 Å². The summed E-state index contributed by atoms with van der Waals surface area (Å²) in [4.78, 5) is 0. The average molecular weight is 305 g/mol. The third-order valence-electron chi connectivity index (χ3n) is 2.69. The van der Waals surface area contributed by atoms with E-state index in [1.165, 1.54) is 0 Å². The van der Waals surface area contributed by atoms with Crippen LogP contribution in [0.5, 0.6) is 0 Å². The van der Waals surface area contributed by atoms with Gasteiger partial charge >= 0.3 is 0 Å². The molecule has 96 valence electrons. The number of hydrogen-bond donors (Lipinski definition) is 1. The highest BCUT2D eigenvalue weighted by atomic mass is 35.5. The van der Waals surface area contributed by atoms with Crippen LogP contribution < -0.4 is 5.32 Å². The molecule has 18 heavy (non-hydrogen) atoms. The molecule has 0 saturated heterocycles. The minimum atomic E-state index is 0.0751. The summed E-state index contributed by atoms with van der Waals surface area (Å²) in [5, 5.41) is 4.88. The third-order valence-corrected chi connectivity index (χ3v) is 3.89. The minimum absolute atomic E-state index is 0.0751. The van der Waals surface area contributed by atoms with Crippen molar-refractivity contribution >= 4 is 34.8 Å². The van der Waals surface area contributed by atoms with Gasteiger partial charge in [0, 0.05) is 17.1 Å². The molecule has 1 heterocycles. The Kier molecular flexibility index (Phi) is 4.57. The topological polar surface area (TPSA) is 25.2 Å². The van der Waals surface area contributed by atoms with Crippen molar-refractivity contribution in [3.05, 3.63) is 56.9 Å². The van der Waals surface area contributed by atoms with E-state index in [0.29, 0.717) is 21.6 Å². The summed E-state index contributed by atoms with van der Waals surface area (Å²) in [7, 11) is 0. The zero-order valence-electron chi connectivity index (χ0n) is 9.71. The molecule has 1 aromatic carbocycles. The first-order chi connectivity index (χ1) is 8.59. The molecule has 2 aromatic rings. The normalized spacial score (nSPS) is 12.7. The standard InChI is InChI=1S/C13H12Cl3NO/c1-8(12-3-2-6-18-12)17-7-9-10(14)4-5-11(15)13(9)16/h2-6,8,17H,7H2,1H3. The molecule has 0 aliphatic rings. The fraction of sp³-hybridized carbons (Fsp3) is 0.231. The maximum atomic E-state index is 6.13. The molecule has 1 N–H and O–H groups in total. The van der Waals surface area contributed by atoms with E-state index in [1.54, 1.807) is 18.4 Å². The molecule has 1 unspecified atom stereocenters. The average Bonchev–Trinajstić information content (AvgIpc) is 2.87. The molecule has 1 aromatic heterocycles. The van der Waals surface area contributed by atoms with Crippen LogP contribution in [0.1, 0.15) is 24.3 Å². The Morgan fingerprint density at radius 2 is 1.89 bits per heavy atom. The van der Waals surface area contributed by atoms with Crippen LogP contribution in [0.25, 0.3) is 0 Å². The number of nitrogens with one attached hydrogen (secondary N) is 1. The van der Waals surface area contributed by atoms with Gasteiger partial charge in [0.15, 0.2) is 0 Å². The zero-order valence-corrected chi connectivity index (χ0v) is 12.0. The van der Waals surface area contributed by atoms with Gasteiger partial charge in [-0.3, -0.25) is 0 Å². The summed E-state index contributed by atoms with van der Waals surface area (Å²) in [5.74, 6) is 0.865. The molecule has 0 saturated carbocycles. The van der Waals surface area contributed by atoms with Gasteiger partial charge in [0.1, 0.15) is 5.76 Å². The number of benzene rings is 1. The molecule has 5 heteroatoms. The summed E-state index contributed by atoms with van der Waals surface area (Å²) in [6, 6.07) is 7.27. The number of rotatable bonds is 4. The Morgan fingerprint density at radius 3 is 2.56 bits per heavy atom. The van der Waals surface area contributed by atoms with Gasteiger partial charge in [-0.25, -0.2) is 0 Å². The molecular formula is C13H12Cl3NO. The van der Waals surface area contributed by atoms with E-state index in [4.69, 9.17) is 39.2 Å². The smallest absolute Gasteiger partial charge is 0.120 e. The van der Waals surface area contributed by atoms with Crippen molar-refractivity contribution in [1.82, 2.24) is 5.32 Å². The maximum absolute atomic E-state index is 6.13. The van der Waals surface area contributed by atoms with Crippen molar-refractivity contribution in [2.24, 2.45) is 0 Å². The van der Waals surface area contributed by atoms with Gasteiger partial charge in [-0.2, -0.15) is 0 Å². The van der Waals surface area contributed by atoms with Crippen LogP contribution in [0.3, 0.4) is 0 Å². The number of halogens is 3. The van der Waals surface area contributed by atoms with Crippen LogP contribution in [0.15, 0.2) is 34.9 Å². The fourth-order valence-corrected chi connectivity index (χ4v) is 2.31. The van der Waals surface area contributed by atoms with E-state index >= 15 is 0 Å². The first-order valence-electron chi connectivity index (χ1n) is 5.48. The van der Waals surface area contributed by atoms with Crippen LogP contribution in [0, 0.1) is 0 Å². The highest BCUT2D eigenvalue weighted by molar-refractivity contribution is 6.44. The second-order valence-electron chi connectivity index (χ2n) is 3.94. The van der Waals surface area contributed by atoms with Gasteiger partial charge in [-0.05, 0) is 31.2 Å². The lowest BCUT2D eigenvalue weighted by Crippen LogP contribution is -2.18. The summed E-state index contributed by atoms with van der Waals surface area (Å²) >= 11 is 18.2. The van der Waals surface area contributed by atoms with Crippen molar-refractivity contribution in [1.29, 1.82) is 0 Å². The SMILES string of the molecule is CC(NCc1c(Cl)ccc(Cl)c1Cl)c1ccco1. The lowest BCUT2D eigenvalue weighted by atomic mass is 10.2. The second-order valence-corrected chi connectivity index (χ2v) is 5.13. The Bertz CT molecular complexity index is 525. The molecule has 0 bridgehead atoms. The zero-order chi connectivity index (χ0) is 13.1. The van der Waals surface area contributed by atoms with Gasteiger partial charge in [0.05, 0.1) is 22.4 Å². The predicted octanol–water partition coefficient (Wildman–Crippen LogP) is 5.09. The fourth-order valence-electron chi connectivity index (χ4n) is 1.62. The van der Waals surface area contributed by atoms with Crippen molar-refractivity contribution in [2.45, 2.75) is 19.5 Å². The van der Waals surface area contributed by atoms with Gasteiger partial charge in [0.25, 0.3) is 0 Å². The largest absolute Gasteiger partial charge is 0.468 e. The Balaban J connectivity index is 2.09. The van der Waals surface area contributed by atoms with Gasteiger partial charge in [-0.15, -0.1) is 0 Å². The van der Waals surface area contributed by atoms with E-state index in [0.717, 1.165) is 11.3 Å². The first-order valence-corrected chi connectivity index (χ1v) is 6.62. The Labute approximate surface area is 121 Å². The predicted molar refractivity (Wildman–Crippen MR) is 75.4 cm³/mol. The lowest BCUT2D eigenvalue weighted by molar-refractivity contribution is 0.430. The van der Waals surface area contributed by atoms with Crippen molar-refractivity contribution in [2.75, 3.05) is 0 Å². The molecule has 2 rings (SSSR count). The number of furan rings is 1. The van der Waals surface area contributed by atoms with Crippen molar-refractivity contribution in [3.63, 3.8) is 0 Å². The van der Waals surface area contributed by atoms with E-state index in [9.17, 15) is 0 Å². The third kappa shape index (κ3) is 3.01. The van der Waals surface area contributed by atoms with Crippen LogP contribution >= 0.6 is 34.8 Å². The van der Waals surface area contributed by atoms with E-state index < -0.39 is 0 Å². The summed E-state index contributed by atoms with van der Waals surface area (Å²) in [5.41, 5.74) is 0.796. The molecule has 0 spiro atoms. The monoisotopic (exact) mass is 303 g/mol. The summed E-state index contributed by atoms with van der Waals surface area (Å²) in [6.07, 6.45) is 1.65. The molecule has 0 radical (unpaired) electrons. The number of hydrogen-bond acceptors (Lipinski definition) is 2. The lowest BCUT2D eigenvalue weighted by Gasteiger charge is -2.14. The van der Waals surface area contributed by atoms with Crippen LogP contribution in [0.4, 0.5) is 0 Å². The quantitative estimate of drug-likeness (QED) is 0.796. The van der Waals surface area contributed by atoms with Gasteiger partial charge < -0.3 is 9.73 Å². The molecule has 0 aliphatic heterocycles. The molecule has 0 fully saturated rings. The van der Waals surface area contributed by atoms with Gasteiger partial charge in [0.2, 0.25) is 0 Å². The van der Waals surface area contributed by atoms with Gasteiger partial charge in [-0.1, -0.05) is 34.8 Å². The highest BCUT2D eigenvalue weighted by Crippen LogP contribution is 2.31. The van der Waals surface area contributed by atoms with Crippen molar-refractivity contribution in [3.8, 4) is 0 Å². The maximum Gasteiger partial charge on any atom is 0.120 e. The Hall–Kier alpha value is -0.670. The van der Waals surface area contributed by atoms with E-state index in [-0.39, 0.29) is 6.04 Å². The highest BCUT2D eigenvalue weighted by Gasteiger charge is 2.12. The molecule has 1 atom stereocenters. The van der Waals surface area contributed by atoms with E-state index in [2.05, 4.69) is 5.32 Å². The minimum Gasteiger partial charge on any atom is -0.468 e. The molecular weight excluding hydrogens is 293 g/mol. The van der Waals surface area contributed by atoms with Crippen LogP contribution in [-0.2, 0) is 6.54 Å².